The summed E-state index contributed by atoms with van der Waals surface area (Å²) in [6.07, 6.45) is 1.10. The van der Waals surface area contributed by atoms with Crippen molar-refractivity contribution in [2.45, 2.75) is 0 Å². The first-order valence-electron chi connectivity index (χ1n) is 8.38. The number of nitrogens with zero attached hydrogens (tertiary/aromatic N) is 3. The number of amides is 1. The first-order valence-corrected chi connectivity index (χ1v) is 9.14. The van der Waals surface area contributed by atoms with E-state index in [9.17, 15) is 14.9 Å². The fourth-order valence-corrected chi connectivity index (χ4v) is 2.57. The van der Waals surface area contributed by atoms with E-state index in [2.05, 4.69) is 26.1 Å². The lowest BCUT2D eigenvalue weighted by Gasteiger charge is -2.11. The Morgan fingerprint density at radius 3 is 2.50 bits per heavy atom. The van der Waals surface area contributed by atoms with Crippen LogP contribution < -0.4 is 20.9 Å². The Morgan fingerprint density at radius 1 is 1.07 bits per heavy atom. The van der Waals surface area contributed by atoms with Crippen LogP contribution in [0.3, 0.4) is 0 Å². The summed E-state index contributed by atoms with van der Waals surface area (Å²) in [5.41, 5.74) is 4.66. The van der Waals surface area contributed by atoms with Gasteiger partial charge in [-0.25, -0.2) is 9.97 Å². The molecule has 0 aliphatic carbocycles. The molecule has 1 amide bonds. The molecule has 3 aromatic rings. The number of halogens is 2. The van der Waals surface area contributed by atoms with Crippen molar-refractivity contribution in [3.8, 4) is 5.75 Å². The summed E-state index contributed by atoms with van der Waals surface area (Å²) in [7, 11) is 0. The van der Waals surface area contributed by atoms with Crippen molar-refractivity contribution in [1.82, 2.24) is 15.4 Å². The highest BCUT2D eigenvalue weighted by molar-refractivity contribution is 6.42. The van der Waals surface area contributed by atoms with Gasteiger partial charge < -0.3 is 10.1 Å². The Kier molecular flexibility index (Phi) is 6.83. The summed E-state index contributed by atoms with van der Waals surface area (Å²) >= 11 is 11.8. The summed E-state index contributed by atoms with van der Waals surface area (Å²) in [6, 6.07) is 13.3. The van der Waals surface area contributed by atoms with Gasteiger partial charge in [0, 0.05) is 5.69 Å². The van der Waals surface area contributed by atoms with Crippen molar-refractivity contribution in [2.24, 2.45) is 0 Å². The lowest BCUT2D eigenvalue weighted by Crippen LogP contribution is -2.34. The second-order valence-corrected chi connectivity index (χ2v) is 6.52. The molecule has 1 aromatic heterocycles. The fraction of sp³-hybridized carbons (Fsp3) is 0.0556. The van der Waals surface area contributed by atoms with Crippen LogP contribution in [0.25, 0.3) is 0 Å². The molecule has 0 aliphatic heterocycles. The molecule has 0 unspecified atom stereocenters. The normalized spacial score (nSPS) is 10.2. The van der Waals surface area contributed by atoms with Crippen LogP contribution >= 0.6 is 23.2 Å². The average molecular weight is 449 g/mol. The minimum atomic E-state index is -0.686. The van der Waals surface area contributed by atoms with E-state index >= 15 is 0 Å². The fourth-order valence-electron chi connectivity index (χ4n) is 2.28. The Hall–Kier alpha value is -3.63. The van der Waals surface area contributed by atoms with Crippen LogP contribution in [0.5, 0.6) is 5.75 Å². The van der Waals surface area contributed by atoms with Crippen LogP contribution in [0.4, 0.5) is 23.0 Å². The third-order valence-corrected chi connectivity index (χ3v) is 4.36. The number of carbonyl (C=O) groups is 1. The molecule has 0 bridgehead atoms. The number of hydrogen-bond acceptors (Lipinski definition) is 8. The quantitative estimate of drug-likeness (QED) is 0.348. The molecular weight excluding hydrogens is 435 g/mol. The van der Waals surface area contributed by atoms with E-state index in [1.807, 2.05) is 6.07 Å². The van der Waals surface area contributed by atoms with Crippen LogP contribution in [0.1, 0.15) is 0 Å². The van der Waals surface area contributed by atoms with Gasteiger partial charge >= 0.3 is 5.69 Å². The maximum absolute atomic E-state index is 12.0. The Bertz CT molecular complexity index is 1070. The zero-order valence-electron chi connectivity index (χ0n) is 15.1. The Morgan fingerprint density at radius 2 is 1.80 bits per heavy atom. The van der Waals surface area contributed by atoms with Crippen LogP contribution in [-0.2, 0) is 4.79 Å². The summed E-state index contributed by atoms with van der Waals surface area (Å²) in [4.78, 5) is 30.6. The molecule has 0 saturated carbocycles. The van der Waals surface area contributed by atoms with Crippen LogP contribution in [-0.4, -0.2) is 27.4 Å². The van der Waals surface area contributed by atoms with Gasteiger partial charge in [-0.15, -0.1) is 0 Å². The molecule has 0 saturated heterocycles. The number of nitrogens with one attached hydrogen (secondary N) is 3. The van der Waals surface area contributed by atoms with Gasteiger partial charge in [-0.05, 0) is 30.3 Å². The number of hydrazine groups is 1. The second-order valence-electron chi connectivity index (χ2n) is 5.71. The zero-order valence-corrected chi connectivity index (χ0v) is 16.6. The summed E-state index contributed by atoms with van der Waals surface area (Å²) in [5.74, 6) is -0.379. The first-order chi connectivity index (χ1) is 14.4. The monoisotopic (exact) mass is 448 g/mol. The highest BCUT2D eigenvalue weighted by Gasteiger charge is 2.23. The maximum Gasteiger partial charge on any atom is 0.355 e. The molecule has 154 valence electrons. The van der Waals surface area contributed by atoms with Crippen LogP contribution in [0.15, 0.2) is 54.9 Å². The highest BCUT2D eigenvalue weighted by Crippen LogP contribution is 2.32. The summed E-state index contributed by atoms with van der Waals surface area (Å²) in [5, 5.41) is 15.0. The molecule has 10 nitrogen and oxygen atoms in total. The predicted octanol–water partition coefficient (Wildman–Crippen LogP) is 3.96. The molecule has 0 spiro atoms. The molecule has 1 heterocycles. The lowest BCUT2D eigenvalue weighted by atomic mass is 10.3. The van der Waals surface area contributed by atoms with E-state index in [-0.39, 0.29) is 23.3 Å². The number of benzene rings is 2. The van der Waals surface area contributed by atoms with Crippen molar-refractivity contribution < 1.29 is 14.5 Å². The zero-order chi connectivity index (χ0) is 21.5. The number of para-hydroxylation sites is 1. The van der Waals surface area contributed by atoms with Crippen molar-refractivity contribution >= 4 is 52.1 Å². The van der Waals surface area contributed by atoms with Gasteiger partial charge in [0.2, 0.25) is 11.6 Å². The Labute approximate surface area is 180 Å². The van der Waals surface area contributed by atoms with E-state index in [1.165, 1.54) is 12.1 Å². The number of rotatable bonds is 8. The topological polar surface area (TPSA) is 131 Å². The molecule has 3 rings (SSSR count). The number of anilines is 3. The number of carbonyl (C=O) groups excluding carboxylic acids is 1. The maximum atomic E-state index is 12.0. The van der Waals surface area contributed by atoms with Crippen LogP contribution in [0, 0.1) is 10.1 Å². The summed E-state index contributed by atoms with van der Waals surface area (Å²) in [6.45, 7) is -0.301. The van der Waals surface area contributed by atoms with Crippen LogP contribution in [0.2, 0.25) is 10.0 Å². The third-order valence-electron chi connectivity index (χ3n) is 3.62. The molecule has 0 radical (unpaired) electrons. The van der Waals surface area contributed by atoms with Gasteiger partial charge in [0.1, 0.15) is 12.1 Å². The molecule has 3 N–H and O–H groups in total. The number of ether oxygens (including phenoxy) is 1. The lowest BCUT2D eigenvalue weighted by molar-refractivity contribution is -0.383. The van der Waals surface area contributed by atoms with Crippen molar-refractivity contribution in [3.05, 3.63) is 75.0 Å². The minimum Gasteiger partial charge on any atom is -0.484 e. The molecule has 12 heteroatoms. The summed E-state index contributed by atoms with van der Waals surface area (Å²) < 4.78 is 5.30. The van der Waals surface area contributed by atoms with Gasteiger partial charge in [0.25, 0.3) is 5.91 Å². The Balaban J connectivity index is 1.70. The highest BCUT2D eigenvalue weighted by atomic mass is 35.5. The molecule has 0 aliphatic rings. The molecule has 30 heavy (non-hydrogen) atoms. The number of nitro groups is 1. The van der Waals surface area contributed by atoms with Gasteiger partial charge in [-0.2, -0.15) is 0 Å². The van der Waals surface area contributed by atoms with E-state index in [0.717, 1.165) is 6.33 Å². The van der Waals surface area contributed by atoms with E-state index in [0.29, 0.717) is 16.5 Å². The van der Waals surface area contributed by atoms with Crippen molar-refractivity contribution in [1.29, 1.82) is 0 Å². The van der Waals surface area contributed by atoms with Gasteiger partial charge in [-0.3, -0.25) is 25.8 Å². The smallest absolute Gasteiger partial charge is 0.355 e. The SMILES string of the molecule is O=C(COc1ccccc1)NNc1ncnc(Nc2ccc(Cl)c(Cl)c2)c1[N+](=O)[O-]. The predicted molar refractivity (Wildman–Crippen MR) is 112 cm³/mol. The van der Waals surface area contributed by atoms with E-state index in [1.54, 1.807) is 30.3 Å². The molecule has 0 atom stereocenters. The molecule has 0 fully saturated rings. The third kappa shape index (κ3) is 5.46. The second kappa shape index (κ2) is 9.72. The molecule has 2 aromatic carbocycles. The van der Waals surface area contributed by atoms with Crippen molar-refractivity contribution in [3.63, 3.8) is 0 Å². The number of aromatic nitrogens is 2. The standard InChI is InChI=1S/C18H14Cl2N6O4/c19-13-7-6-11(8-14(13)20)23-17-16(26(28)29)18(22-10-21-17)25-24-15(27)9-30-12-4-2-1-3-5-12/h1-8,10H,9H2,(H,24,27)(H2,21,22,23,25). The largest absolute Gasteiger partial charge is 0.484 e. The van der Waals surface area contributed by atoms with Gasteiger partial charge in [0.05, 0.1) is 15.0 Å². The first kappa shape index (κ1) is 21.1. The van der Waals surface area contributed by atoms with E-state index < -0.39 is 16.5 Å². The minimum absolute atomic E-state index is 0.106. The average Bonchev–Trinajstić information content (AvgIpc) is 2.74. The van der Waals surface area contributed by atoms with Gasteiger partial charge in [0.15, 0.2) is 6.61 Å². The number of hydrogen-bond donors (Lipinski definition) is 3. The van der Waals surface area contributed by atoms with Crippen molar-refractivity contribution in [2.75, 3.05) is 17.3 Å². The van der Waals surface area contributed by atoms with Gasteiger partial charge in [-0.1, -0.05) is 41.4 Å². The van der Waals surface area contributed by atoms with E-state index in [4.69, 9.17) is 27.9 Å². The molecular formula is C18H14Cl2N6O4.